The van der Waals surface area contributed by atoms with E-state index >= 15 is 0 Å². The fourth-order valence-electron chi connectivity index (χ4n) is 3.13. The Bertz CT molecular complexity index is 795. The van der Waals surface area contributed by atoms with Gasteiger partial charge in [0.05, 0.1) is 0 Å². The number of carbonyl (C=O) groups is 1. The first-order chi connectivity index (χ1) is 12.0. The molecule has 5 nitrogen and oxygen atoms in total. The van der Waals surface area contributed by atoms with E-state index in [1.165, 1.54) is 6.08 Å². The molecule has 1 heterocycles. The molecule has 1 aliphatic carbocycles. The molecule has 1 fully saturated rings. The van der Waals surface area contributed by atoms with Crippen LogP contribution in [0.5, 0.6) is 0 Å². The Morgan fingerprint density at radius 1 is 1.28 bits per heavy atom. The quantitative estimate of drug-likeness (QED) is 0.783. The van der Waals surface area contributed by atoms with Crippen molar-refractivity contribution >= 4 is 35.2 Å². The van der Waals surface area contributed by atoms with Gasteiger partial charge in [0.25, 0.3) is 0 Å². The first kappa shape index (κ1) is 18.0. The number of benzene rings is 1. The Morgan fingerprint density at radius 3 is 2.68 bits per heavy atom. The number of hydrogen-bond acceptors (Lipinski definition) is 4. The van der Waals surface area contributed by atoms with Gasteiger partial charge in [-0.25, -0.2) is 0 Å². The van der Waals surface area contributed by atoms with E-state index in [1.807, 2.05) is 0 Å². The standard InChI is InChI=1S/C18H19Cl2N3O2/c1-12-21-17(23-25-12)18(9-3-2-4-10-18)22-16(24)8-6-13-5-7-14(19)11-15(13)20/h5-8,11H,2-4,9-10H2,1H3,(H,22,24)/b8-6+. The fourth-order valence-corrected chi connectivity index (χ4v) is 3.60. The Labute approximate surface area is 156 Å². The smallest absolute Gasteiger partial charge is 0.244 e. The molecule has 1 saturated carbocycles. The Hall–Kier alpha value is -1.85. The zero-order chi connectivity index (χ0) is 17.9. The van der Waals surface area contributed by atoms with Gasteiger partial charge >= 0.3 is 0 Å². The molecule has 1 aromatic heterocycles. The summed E-state index contributed by atoms with van der Waals surface area (Å²) in [5.41, 5.74) is 0.163. The van der Waals surface area contributed by atoms with E-state index in [0.29, 0.717) is 21.8 Å². The number of nitrogens with zero attached hydrogens (tertiary/aromatic N) is 2. The van der Waals surface area contributed by atoms with Crippen molar-refractivity contribution < 1.29 is 9.32 Å². The normalized spacial score (nSPS) is 16.9. The second kappa shape index (κ2) is 7.58. The minimum absolute atomic E-state index is 0.213. The van der Waals surface area contributed by atoms with E-state index in [4.69, 9.17) is 27.7 Å². The minimum Gasteiger partial charge on any atom is -0.340 e. The Balaban J connectivity index is 1.77. The summed E-state index contributed by atoms with van der Waals surface area (Å²) < 4.78 is 5.12. The molecule has 3 rings (SSSR count). The molecular weight excluding hydrogens is 361 g/mol. The molecule has 1 N–H and O–H groups in total. The molecule has 25 heavy (non-hydrogen) atoms. The van der Waals surface area contributed by atoms with Crippen LogP contribution < -0.4 is 5.32 Å². The number of rotatable bonds is 4. The highest BCUT2D eigenvalue weighted by Gasteiger charge is 2.39. The van der Waals surface area contributed by atoms with E-state index in [0.717, 1.165) is 37.7 Å². The van der Waals surface area contributed by atoms with Crippen molar-refractivity contribution in [2.75, 3.05) is 0 Å². The summed E-state index contributed by atoms with van der Waals surface area (Å²) in [4.78, 5) is 16.8. The summed E-state index contributed by atoms with van der Waals surface area (Å²) in [6.07, 6.45) is 7.91. The van der Waals surface area contributed by atoms with Gasteiger partial charge in [-0.15, -0.1) is 0 Å². The van der Waals surface area contributed by atoms with Crippen LogP contribution in [0.3, 0.4) is 0 Å². The molecule has 1 aromatic carbocycles. The van der Waals surface area contributed by atoms with Crippen molar-refractivity contribution in [3.8, 4) is 0 Å². The third-order valence-electron chi connectivity index (χ3n) is 4.40. The summed E-state index contributed by atoms with van der Waals surface area (Å²) in [6.45, 7) is 1.75. The summed E-state index contributed by atoms with van der Waals surface area (Å²) in [5.74, 6) is 0.837. The van der Waals surface area contributed by atoms with E-state index in [2.05, 4.69) is 15.5 Å². The van der Waals surface area contributed by atoms with E-state index in [9.17, 15) is 4.79 Å². The molecule has 1 aliphatic rings. The van der Waals surface area contributed by atoms with Crippen LogP contribution in [0.25, 0.3) is 6.08 Å². The number of nitrogens with one attached hydrogen (secondary N) is 1. The largest absolute Gasteiger partial charge is 0.340 e. The van der Waals surface area contributed by atoms with Crippen LogP contribution in [0.2, 0.25) is 10.0 Å². The number of carbonyl (C=O) groups excluding carboxylic acids is 1. The predicted molar refractivity (Wildman–Crippen MR) is 97.4 cm³/mol. The van der Waals surface area contributed by atoms with Crippen LogP contribution in [0.4, 0.5) is 0 Å². The molecule has 0 atom stereocenters. The van der Waals surface area contributed by atoms with Crippen LogP contribution in [0.15, 0.2) is 28.8 Å². The maximum absolute atomic E-state index is 12.5. The lowest BCUT2D eigenvalue weighted by Gasteiger charge is -2.34. The van der Waals surface area contributed by atoms with Gasteiger partial charge in [0.1, 0.15) is 5.54 Å². The Morgan fingerprint density at radius 2 is 2.04 bits per heavy atom. The minimum atomic E-state index is -0.568. The molecule has 2 aromatic rings. The van der Waals surface area contributed by atoms with Crippen LogP contribution in [-0.4, -0.2) is 16.0 Å². The average Bonchev–Trinajstić information content (AvgIpc) is 3.02. The van der Waals surface area contributed by atoms with Crippen molar-refractivity contribution in [1.29, 1.82) is 0 Å². The zero-order valence-electron chi connectivity index (χ0n) is 13.9. The maximum Gasteiger partial charge on any atom is 0.244 e. The summed E-state index contributed by atoms with van der Waals surface area (Å²) in [5, 5.41) is 8.18. The highest BCUT2D eigenvalue weighted by molar-refractivity contribution is 6.35. The Kier molecular flexibility index (Phi) is 5.45. The van der Waals surface area contributed by atoms with E-state index < -0.39 is 5.54 Å². The summed E-state index contributed by atoms with van der Waals surface area (Å²) in [6, 6.07) is 5.15. The lowest BCUT2D eigenvalue weighted by atomic mass is 9.81. The van der Waals surface area contributed by atoms with Crippen molar-refractivity contribution in [2.45, 2.75) is 44.6 Å². The van der Waals surface area contributed by atoms with Crippen molar-refractivity contribution in [3.05, 3.63) is 51.6 Å². The third kappa shape index (κ3) is 4.22. The van der Waals surface area contributed by atoms with Crippen molar-refractivity contribution in [3.63, 3.8) is 0 Å². The number of aromatic nitrogens is 2. The van der Waals surface area contributed by atoms with Crippen LogP contribution in [-0.2, 0) is 10.3 Å². The van der Waals surface area contributed by atoms with Crippen molar-refractivity contribution in [1.82, 2.24) is 15.5 Å². The molecule has 0 bridgehead atoms. The van der Waals surface area contributed by atoms with Crippen LogP contribution in [0.1, 0.15) is 49.4 Å². The second-order valence-corrected chi connectivity index (χ2v) is 7.11. The topological polar surface area (TPSA) is 68.0 Å². The third-order valence-corrected chi connectivity index (χ3v) is 4.96. The van der Waals surface area contributed by atoms with Gasteiger partial charge in [0.15, 0.2) is 5.82 Å². The average molecular weight is 380 g/mol. The molecule has 7 heteroatoms. The monoisotopic (exact) mass is 379 g/mol. The second-order valence-electron chi connectivity index (χ2n) is 6.27. The lowest BCUT2D eigenvalue weighted by molar-refractivity contribution is -0.119. The first-order valence-electron chi connectivity index (χ1n) is 8.25. The molecule has 0 spiro atoms. The lowest BCUT2D eigenvalue weighted by Crippen LogP contribution is -2.47. The maximum atomic E-state index is 12.5. The van der Waals surface area contributed by atoms with Crippen LogP contribution >= 0.6 is 23.2 Å². The first-order valence-corrected chi connectivity index (χ1v) is 9.00. The van der Waals surface area contributed by atoms with Gasteiger partial charge in [-0.3, -0.25) is 4.79 Å². The summed E-state index contributed by atoms with van der Waals surface area (Å²) in [7, 11) is 0. The molecule has 1 amide bonds. The molecule has 0 unspecified atom stereocenters. The highest BCUT2D eigenvalue weighted by atomic mass is 35.5. The zero-order valence-corrected chi connectivity index (χ0v) is 15.4. The predicted octanol–water partition coefficient (Wildman–Crippen LogP) is 4.67. The van der Waals surface area contributed by atoms with Gasteiger partial charge in [0, 0.05) is 23.0 Å². The fraction of sp³-hybridized carbons (Fsp3) is 0.389. The van der Waals surface area contributed by atoms with E-state index in [1.54, 1.807) is 31.2 Å². The number of aryl methyl sites for hydroxylation is 1. The summed E-state index contributed by atoms with van der Waals surface area (Å²) >= 11 is 12.0. The van der Waals surface area contributed by atoms with Gasteiger partial charge < -0.3 is 9.84 Å². The molecule has 132 valence electrons. The van der Waals surface area contributed by atoms with Gasteiger partial charge in [-0.1, -0.05) is 53.7 Å². The molecule has 0 aliphatic heterocycles. The molecule has 0 radical (unpaired) electrons. The van der Waals surface area contributed by atoms with Gasteiger partial charge in [0.2, 0.25) is 11.8 Å². The number of amides is 1. The number of hydrogen-bond donors (Lipinski definition) is 1. The molecule has 0 saturated heterocycles. The van der Waals surface area contributed by atoms with Gasteiger partial charge in [-0.2, -0.15) is 4.98 Å². The van der Waals surface area contributed by atoms with Crippen molar-refractivity contribution in [2.24, 2.45) is 0 Å². The number of halogens is 2. The SMILES string of the molecule is Cc1nc(C2(NC(=O)/C=C/c3ccc(Cl)cc3Cl)CCCCC2)no1. The van der Waals surface area contributed by atoms with E-state index in [-0.39, 0.29) is 5.91 Å². The van der Waals surface area contributed by atoms with Crippen LogP contribution in [0, 0.1) is 6.92 Å². The highest BCUT2D eigenvalue weighted by Crippen LogP contribution is 2.35. The van der Waals surface area contributed by atoms with Gasteiger partial charge in [-0.05, 0) is 36.6 Å². The molecular formula is C18H19Cl2N3O2.